The number of rotatable bonds is 3. The van der Waals surface area contributed by atoms with Gasteiger partial charge in [-0.3, -0.25) is 9.69 Å². The molecule has 0 saturated carbocycles. The number of hydrogen-bond donors (Lipinski definition) is 0. The summed E-state index contributed by atoms with van der Waals surface area (Å²) in [5.41, 5.74) is 1.92. The van der Waals surface area contributed by atoms with Crippen molar-refractivity contribution < 1.29 is 9.53 Å². The summed E-state index contributed by atoms with van der Waals surface area (Å²) >= 11 is 7.54. The Kier molecular flexibility index (Phi) is 4.08. The van der Waals surface area contributed by atoms with Gasteiger partial charge in [-0.2, -0.15) is 0 Å². The summed E-state index contributed by atoms with van der Waals surface area (Å²) in [6.07, 6.45) is 0. The lowest BCUT2D eigenvalue weighted by molar-refractivity contribution is -0.115. The van der Waals surface area contributed by atoms with Crippen molar-refractivity contribution in [1.82, 2.24) is 0 Å². The average Bonchev–Trinajstić information content (AvgIpc) is 2.90. The lowest BCUT2D eigenvalue weighted by Crippen LogP contribution is -2.27. The quantitative estimate of drug-likeness (QED) is 0.852. The molecule has 0 aromatic heterocycles. The van der Waals surface area contributed by atoms with Gasteiger partial charge in [-0.15, -0.1) is 11.8 Å². The number of halogens is 1. The van der Waals surface area contributed by atoms with E-state index in [4.69, 9.17) is 16.3 Å². The number of ether oxygens (including phenoxy) is 1. The largest absolute Gasteiger partial charge is 0.497 e. The third-order valence-corrected chi connectivity index (χ3v) is 4.82. The van der Waals surface area contributed by atoms with Crippen molar-refractivity contribution in [2.24, 2.45) is 0 Å². The lowest BCUT2D eigenvalue weighted by Gasteiger charge is -2.24. The summed E-state index contributed by atoms with van der Waals surface area (Å²) in [6, 6.07) is 15.2. The van der Waals surface area contributed by atoms with Crippen molar-refractivity contribution in [3.05, 3.63) is 59.1 Å². The number of anilines is 1. The molecular weight excluding hydrogens is 306 g/mol. The Hall–Kier alpha value is -1.65. The van der Waals surface area contributed by atoms with Crippen LogP contribution in [0.5, 0.6) is 5.75 Å². The zero-order chi connectivity index (χ0) is 14.8. The Morgan fingerprint density at radius 1 is 1.24 bits per heavy atom. The molecule has 1 aliphatic rings. The average molecular weight is 320 g/mol. The van der Waals surface area contributed by atoms with Gasteiger partial charge in [-0.05, 0) is 42.0 Å². The van der Waals surface area contributed by atoms with Gasteiger partial charge in [0.05, 0.1) is 12.9 Å². The van der Waals surface area contributed by atoms with Crippen molar-refractivity contribution in [2.45, 2.75) is 5.37 Å². The molecule has 108 valence electrons. The molecule has 0 bridgehead atoms. The van der Waals surface area contributed by atoms with Crippen LogP contribution in [0.25, 0.3) is 0 Å². The SMILES string of the molecule is COc1cccc([C@@H]2SCC(=O)N2c2ccc(Cl)cc2)c1. The summed E-state index contributed by atoms with van der Waals surface area (Å²) in [5.74, 6) is 1.38. The maximum absolute atomic E-state index is 12.2. The first kappa shape index (κ1) is 14.3. The van der Waals surface area contributed by atoms with Crippen LogP contribution in [0.1, 0.15) is 10.9 Å². The van der Waals surface area contributed by atoms with Crippen molar-refractivity contribution in [1.29, 1.82) is 0 Å². The van der Waals surface area contributed by atoms with Crippen LogP contribution in [-0.4, -0.2) is 18.8 Å². The molecule has 1 amide bonds. The molecule has 1 saturated heterocycles. The van der Waals surface area contributed by atoms with Gasteiger partial charge in [0.25, 0.3) is 0 Å². The summed E-state index contributed by atoms with van der Waals surface area (Å²) < 4.78 is 5.27. The third-order valence-electron chi connectivity index (χ3n) is 3.35. The van der Waals surface area contributed by atoms with E-state index in [1.807, 2.05) is 41.3 Å². The summed E-state index contributed by atoms with van der Waals surface area (Å²) in [5, 5.41) is 0.629. The van der Waals surface area contributed by atoms with Gasteiger partial charge in [0.1, 0.15) is 11.1 Å². The molecule has 1 heterocycles. The molecule has 3 nitrogen and oxygen atoms in total. The molecule has 2 aromatic carbocycles. The number of thioether (sulfide) groups is 1. The molecule has 5 heteroatoms. The van der Waals surface area contributed by atoms with Gasteiger partial charge in [0.15, 0.2) is 0 Å². The number of methoxy groups -OCH3 is 1. The Balaban J connectivity index is 1.97. The first-order valence-electron chi connectivity index (χ1n) is 6.52. The fourth-order valence-corrected chi connectivity index (χ4v) is 3.64. The molecule has 0 unspecified atom stereocenters. The van der Waals surface area contributed by atoms with Crippen LogP contribution < -0.4 is 9.64 Å². The van der Waals surface area contributed by atoms with E-state index in [1.165, 1.54) is 0 Å². The van der Waals surface area contributed by atoms with Crippen LogP contribution >= 0.6 is 23.4 Å². The minimum Gasteiger partial charge on any atom is -0.497 e. The van der Waals surface area contributed by atoms with E-state index in [0.717, 1.165) is 17.0 Å². The van der Waals surface area contributed by atoms with Gasteiger partial charge in [-0.25, -0.2) is 0 Å². The second-order valence-electron chi connectivity index (χ2n) is 4.68. The molecule has 0 aliphatic carbocycles. The first-order valence-corrected chi connectivity index (χ1v) is 7.95. The van der Waals surface area contributed by atoms with Crippen LogP contribution in [0.15, 0.2) is 48.5 Å². The van der Waals surface area contributed by atoms with Gasteiger partial charge in [0.2, 0.25) is 5.91 Å². The van der Waals surface area contributed by atoms with Crippen molar-refractivity contribution in [3.8, 4) is 5.75 Å². The fraction of sp³-hybridized carbons (Fsp3) is 0.188. The summed E-state index contributed by atoms with van der Waals surface area (Å²) in [6.45, 7) is 0. The van der Waals surface area contributed by atoms with E-state index < -0.39 is 0 Å². The molecule has 1 aliphatic heterocycles. The van der Waals surface area contributed by atoms with Crippen molar-refractivity contribution >= 4 is 35.0 Å². The van der Waals surface area contributed by atoms with E-state index in [-0.39, 0.29) is 11.3 Å². The van der Waals surface area contributed by atoms with E-state index in [2.05, 4.69) is 0 Å². The van der Waals surface area contributed by atoms with E-state index >= 15 is 0 Å². The van der Waals surface area contributed by atoms with Crippen LogP contribution in [0.3, 0.4) is 0 Å². The number of carbonyl (C=O) groups excluding carboxylic acids is 1. The van der Waals surface area contributed by atoms with Crippen molar-refractivity contribution in [2.75, 3.05) is 17.8 Å². The van der Waals surface area contributed by atoms with Crippen LogP contribution in [0.4, 0.5) is 5.69 Å². The number of benzene rings is 2. The highest BCUT2D eigenvalue weighted by Gasteiger charge is 2.34. The molecule has 0 radical (unpaired) electrons. The van der Waals surface area contributed by atoms with Gasteiger partial charge in [-0.1, -0.05) is 23.7 Å². The van der Waals surface area contributed by atoms with E-state index in [1.54, 1.807) is 31.0 Å². The van der Waals surface area contributed by atoms with E-state index in [9.17, 15) is 4.79 Å². The molecule has 3 rings (SSSR count). The minimum atomic E-state index is -0.0335. The molecule has 1 atom stereocenters. The number of nitrogens with zero attached hydrogens (tertiary/aromatic N) is 1. The monoisotopic (exact) mass is 319 g/mol. The molecule has 0 spiro atoms. The predicted molar refractivity (Wildman–Crippen MR) is 87.1 cm³/mol. The normalized spacial score (nSPS) is 18.1. The van der Waals surface area contributed by atoms with Gasteiger partial charge >= 0.3 is 0 Å². The second kappa shape index (κ2) is 6.00. The Morgan fingerprint density at radius 3 is 2.71 bits per heavy atom. The van der Waals surface area contributed by atoms with Gasteiger partial charge in [0, 0.05) is 10.7 Å². The molecule has 0 N–H and O–H groups in total. The zero-order valence-corrected chi connectivity index (χ0v) is 13.0. The predicted octanol–water partition coefficient (Wildman–Crippen LogP) is 4.13. The highest BCUT2D eigenvalue weighted by molar-refractivity contribution is 8.00. The number of hydrogen-bond acceptors (Lipinski definition) is 3. The lowest BCUT2D eigenvalue weighted by atomic mass is 10.1. The smallest absolute Gasteiger partial charge is 0.238 e. The van der Waals surface area contributed by atoms with Crippen molar-refractivity contribution in [3.63, 3.8) is 0 Å². The van der Waals surface area contributed by atoms with Crippen LogP contribution in [0, 0.1) is 0 Å². The molecule has 1 fully saturated rings. The molecular formula is C16H14ClNO2S. The second-order valence-corrected chi connectivity index (χ2v) is 6.19. The highest BCUT2D eigenvalue weighted by Crippen LogP contribution is 2.42. The highest BCUT2D eigenvalue weighted by atomic mass is 35.5. The summed E-state index contributed by atoms with van der Waals surface area (Å²) in [4.78, 5) is 14.1. The zero-order valence-electron chi connectivity index (χ0n) is 11.5. The molecule has 21 heavy (non-hydrogen) atoms. The van der Waals surface area contributed by atoms with Gasteiger partial charge < -0.3 is 4.74 Å². The van der Waals surface area contributed by atoms with E-state index in [0.29, 0.717) is 10.8 Å². The fourth-order valence-electron chi connectivity index (χ4n) is 2.35. The first-order chi connectivity index (χ1) is 10.2. The maximum atomic E-state index is 12.2. The van der Waals surface area contributed by atoms with Crippen LogP contribution in [0.2, 0.25) is 5.02 Å². The Morgan fingerprint density at radius 2 is 2.00 bits per heavy atom. The third kappa shape index (κ3) is 2.87. The number of amides is 1. The maximum Gasteiger partial charge on any atom is 0.238 e. The number of carbonyl (C=O) groups is 1. The standard InChI is InChI=1S/C16H14ClNO2S/c1-20-14-4-2-3-11(9-14)16-18(15(19)10-21-16)13-7-5-12(17)6-8-13/h2-9,16H,10H2,1H3/t16-/m0/s1. The Labute approximate surface area is 132 Å². The minimum absolute atomic E-state index is 0.0335. The Bertz CT molecular complexity index is 660. The van der Waals surface area contributed by atoms with Crippen LogP contribution in [-0.2, 0) is 4.79 Å². The summed E-state index contributed by atoms with van der Waals surface area (Å²) in [7, 11) is 1.64. The molecule has 2 aromatic rings. The topological polar surface area (TPSA) is 29.5 Å².